The summed E-state index contributed by atoms with van der Waals surface area (Å²) in [6, 6.07) is 18.5. The molecule has 0 spiro atoms. The van der Waals surface area contributed by atoms with Gasteiger partial charge in [0.05, 0.1) is 6.04 Å². The predicted octanol–water partition coefficient (Wildman–Crippen LogP) is 3.64. The Morgan fingerprint density at radius 2 is 1.71 bits per heavy atom. The molecule has 0 saturated carbocycles. The van der Waals surface area contributed by atoms with Gasteiger partial charge in [-0.1, -0.05) is 48.5 Å². The number of carbonyl (C=O) groups is 2. The molecule has 3 rings (SSSR count). The summed E-state index contributed by atoms with van der Waals surface area (Å²) < 4.78 is 13.7. The van der Waals surface area contributed by atoms with Crippen molar-refractivity contribution in [3.8, 4) is 0 Å². The summed E-state index contributed by atoms with van der Waals surface area (Å²) in [6.07, 6.45) is 1.40. The minimum absolute atomic E-state index is 0.0560. The molecule has 0 aliphatic carbocycles. The minimum Gasteiger partial charge on any atom is -0.348 e. The van der Waals surface area contributed by atoms with Gasteiger partial charge in [0.2, 0.25) is 0 Å². The molecule has 1 atom stereocenters. The van der Waals surface area contributed by atoms with E-state index >= 15 is 0 Å². The first-order valence-corrected chi connectivity index (χ1v) is 8.88. The summed E-state index contributed by atoms with van der Waals surface area (Å²) in [5.74, 6) is -1.16. The Hall–Kier alpha value is -3.54. The van der Waals surface area contributed by atoms with E-state index < -0.39 is 5.91 Å². The number of hydrogen-bond donors (Lipinski definition) is 2. The molecule has 0 fully saturated rings. The van der Waals surface area contributed by atoms with Gasteiger partial charge in [-0.15, -0.1) is 0 Å². The van der Waals surface area contributed by atoms with Crippen LogP contribution in [0.5, 0.6) is 0 Å². The van der Waals surface area contributed by atoms with E-state index in [-0.39, 0.29) is 35.6 Å². The largest absolute Gasteiger partial charge is 0.348 e. The van der Waals surface area contributed by atoms with Crippen LogP contribution >= 0.6 is 0 Å². The molecule has 0 aliphatic rings. The molecule has 2 N–H and O–H groups in total. The third kappa shape index (κ3) is 4.79. The molecule has 0 saturated heterocycles. The van der Waals surface area contributed by atoms with Crippen molar-refractivity contribution >= 4 is 11.8 Å². The van der Waals surface area contributed by atoms with Crippen LogP contribution in [0.25, 0.3) is 0 Å². The van der Waals surface area contributed by atoms with Crippen molar-refractivity contribution in [1.82, 2.24) is 15.6 Å². The topological polar surface area (TPSA) is 71.1 Å². The van der Waals surface area contributed by atoms with Crippen molar-refractivity contribution < 1.29 is 14.0 Å². The number of halogens is 1. The summed E-state index contributed by atoms with van der Waals surface area (Å²) in [6.45, 7) is 1.93. The smallest absolute Gasteiger partial charge is 0.270 e. The highest BCUT2D eigenvalue weighted by molar-refractivity contribution is 5.98. The number of aromatic nitrogens is 1. The lowest BCUT2D eigenvalue weighted by atomic mass is 10.1. The first-order chi connectivity index (χ1) is 13.5. The minimum atomic E-state index is -0.407. The Kier molecular flexibility index (Phi) is 6.11. The lowest BCUT2D eigenvalue weighted by Gasteiger charge is -2.14. The Morgan fingerprint density at radius 1 is 1.00 bits per heavy atom. The number of carbonyl (C=O) groups excluding carboxylic acids is 2. The average Bonchev–Trinajstić information content (AvgIpc) is 2.73. The molecule has 0 bridgehead atoms. The third-order valence-electron chi connectivity index (χ3n) is 4.30. The first-order valence-electron chi connectivity index (χ1n) is 8.88. The number of rotatable bonds is 6. The van der Waals surface area contributed by atoms with Crippen LogP contribution in [-0.4, -0.2) is 16.8 Å². The van der Waals surface area contributed by atoms with Crippen LogP contribution in [0.15, 0.2) is 72.9 Å². The maximum atomic E-state index is 13.7. The highest BCUT2D eigenvalue weighted by atomic mass is 19.1. The fourth-order valence-electron chi connectivity index (χ4n) is 2.71. The molecule has 1 unspecified atom stereocenters. The molecule has 2 amide bonds. The summed E-state index contributed by atoms with van der Waals surface area (Å²) in [4.78, 5) is 28.9. The zero-order valence-corrected chi connectivity index (χ0v) is 15.4. The van der Waals surface area contributed by atoms with Gasteiger partial charge < -0.3 is 10.6 Å². The Bertz CT molecular complexity index is 976. The second-order valence-corrected chi connectivity index (χ2v) is 6.31. The van der Waals surface area contributed by atoms with Crippen LogP contribution in [0.1, 0.15) is 44.9 Å². The highest BCUT2D eigenvalue weighted by Gasteiger charge is 2.15. The predicted molar refractivity (Wildman–Crippen MR) is 104 cm³/mol. The monoisotopic (exact) mass is 377 g/mol. The van der Waals surface area contributed by atoms with E-state index in [1.807, 2.05) is 37.3 Å². The van der Waals surface area contributed by atoms with Crippen LogP contribution in [0.2, 0.25) is 0 Å². The summed E-state index contributed by atoms with van der Waals surface area (Å²) in [5.41, 5.74) is 1.78. The fourth-order valence-corrected chi connectivity index (χ4v) is 2.71. The highest BCUT2D eigenvalue weighted by Crippen LogP contribution is 2.12. The Labute approximate surface area is 162 Å². The standard InChI is InChI=1S/C22H20FN3O2/c1-15(16-7-3-2-4-8-16)26-22(28)20-13-17(11-12-24-20)21(27)25-14-18-9-5-6-10-19(18)23/h2-13,15H,14H2,1H3,(H,25,27)(H,26,28). The lowest BCUT2D eigenvalue weighted by Crippen LogP contribution is -2.28. The van der Waals surface area contributed by atoms with E-state index in [9.17, 15) is 14.0 Å². The Balaban J connectivity index is 1.65. The molecule has 142 valence electrons. The number of amides is 2. The number of hydrogen-bond acceptors (Lipinski definition) is 3. The van der Waals surface area contributed by atoms with Gasteiger partial charge in [0.25, 0.3) is 11.8 Å². The number of benzene rings is 2. The summed E-state index contributed by atoms with van der Waals surface area (Å²) >= 11 is 0. The van der Waals surface area contributed by atoms with Crippen molar-refractivity contribution in [1.29, 1.82) is 0 Å². The summed E-state index contributed by atoms with van der Waals surface area (Å²) in [5, 5.41) is 5.51. The maximum Gasteiger partial charge on any atom is 0.270 e. The van der Waals surface area contributed by atoms with Crippen molar-refractivity contribution in [2.24, 2.45) is 0 Å². The van der Waals surface area contributed by atoms with Crippen LogP contribution in [0.3, 0.4) is 0 Å². The van der Waals surface area contributed by atoms with Crippen LogP contribution in [-0.2, 0) is 6.54 Å². The van der Waals surface area contributed by atoms with Gasteiger partial charge in [0.1, 0.15) is 11.5 Å². The van der Waals surface area contributed by atoms with E-state index in [0.717, 1.165) is 5.56 Å². The number of nitrogens with one attached hydrogen (secondary N) is 2. The molecular formula is C22H20FN3O2. The van der Waals surface area contributed by atoms with E-state index in [0.29, 0.717) is 5.56 Å². The average molecular weight is 377 g/mol. The number of nitrogens with zero attached hydrogens (tertiary/aromatic N) is 1. The van der Waals surface area contributed by atoms with Crippen LogP contribution < -0.4 is 10.6 Å². The SMILES string of the molecule is CC(NC(=O)c1cc(C(=O)NCc2ccccc2F)ccn1)c1ccccc1. The molecule has 2 aromatic carbocycles. The van der Waals surface area contributed by atoms with E-state index in [4.69, 9.17) is 0 Å². The lowest BCUT2D eigenvalue weighted by molar-refractivity contribution is 0.0935. The molecular weight excluding hydrogens is 357 g/mol. The molecule has 0 aliphatic heterocycles. The molecule has 3 aromatic rings. The van der Waals surface area contributed by atoms with Crippen molar-refractivity contribution in [2.45, 2.75) is 19.5 Å². The van der Waals surface area contributed by atoms with Gasteiger partial charge in [-0.2, -0.15) is 0 Å². The van der Waals surface area contributed by atoms with Crippen LogP contribution in [0, 0.1) is 5.82 Å². The molecule has 5 nitrogen and oxygen atoms in total. The zero-order valence-electron chi connectivity index (χ0n) is 15.4. The number of pyridine rings is 1. The molecule has 6 heteroatoms. The maximum absolute atomic E-state index is 13.7. The molecule has 28 heavy (non-hydrogen) atoms. The van der Waals surface area contributed by atoms with Gasteiger partial charge >= 0.3 is 0 Å². The quantitative estimate of drug-likeness (QED) is 0.689. The van der Waals surface area contributed by atoms with Crippen molar-refractivity contribution in [2.75, 3.05) is 0 Å². The third-order valence-corrected chi connectivity index (χ3v) is 4.30. The first kappa shape index (κ1) is 19.2. The molecule has 1 heterocycles. The molecule has 0 radical (unpaired) electrons. The molecule has 1 aromatic heterocycles. The van der Waals surface area contributed by atoms with Crippen LogP contribution in [0.4, 0.5) is 4.39 Å². The van der Waals surface area contributed by atoms with E-state index in [1.54, 1.807) is 18.2 Å². The normalized spacial score (nSPS) is 11.5. The van der Waals surface area contributed by atoms with Gasteiger partial charge in [0.15, 0.2) is 0 Å². The van der Waals surface area contributed by atoms with E-state index in [2.05, 4.69) is 15.6 Å². The Morgan fingerprint density at radius 3 is 2.46 bits per heavy atom. The van der Waals surface area contributed by atoms with Gasteiger partial charge in [-0.3, -0.25) is 14.6 Å². The van der Waals surface area contributed by atoms with Gasteiger partial charge in [0, 0.05) is 23.9 Å². The van der Waals surface area contributed by atoms with E-state index in [1.165, 1.54) is 24.4 Å². The second-order valence-electron chi connectivity index (χ2n) is 6.31. The van der Waals surface area contributed by atoms with Gasteiger partial charge in [-0.05, 0) is 30.7 Å². The fraction of sp³-hybridized carbons (Fsp3) is 0.136. The van der Waals surface area contributed by atoms with Crippen molar-refractivity contribution in [3.05, 3.63) is 101 Å². The van der Waals surface area contributed by atoms with Crippen molar-refractivity contribution in [3.63, 3.8) is 0 Å². The summed E-state index contributed by atoms with van der Waals surface area (Å²) in [7, 11) is 0. The second kappa shape index (κ2) is 8.90. The van der Waals surface area contributed by atoms with Gasteiger partial charge in [-0.25, -0.2) is 4.39 Å². The zero-order chi connectivity index (χ0) is 19.9.